The van der Waals surface area contributed by atoms with Crippen LogP contribution in [0, 0.1) is 18.8 Å². The van der Waals surface area contributed by atoms with Gasteiger partial charge in [-0.2, -0.15) is 0 Å². The van der Waals surface area contributed by atoms with E-state index in [1.54, 1.807) is 14.2 Å². The van der Waals surface area contributed by atoms with Crippen LogP contribution in [-0.2, 0) is 0 Å². The largest absolute Gasteiger partial charge is 0.493 e. The first-order chi connectivity index (χ1) is 10.1. The molecule has 1 aromatic rings. The molecule has 2 atom stereocenters. The molecule has 0 amide bonds. The maximum absolute atomic E-state index is 5.49. The predicted molar refractivity (Wildman–Crippen MR) is 87.2 cm³/mol. The Kier molecular flexibility index (Phi) is 5.51. The standard InChI is InChI=1S/C18H29NO2/c1-6-9-19-18(13(3)14-7-8-14)15-11-17(21-5)16(20-4)10-12(15)2/h10-11,13-14,18-19H,6-9H2,1-5H3. The van der Waals surface area contributed by atoms with Crippen LogP contribution in [0.5, 0.6) is 11.5 Å². The zero-order valence-corrected chi connectivity index (χ0v) is 14.0. The molecule has 1 aromatic carbocycles. The summed E-state index contributed by atoms with van der Waals surface area (Å²) in [5, 5.41) is 3.74. The van der Waals surface area contributed by atoms with E-state index in [1.807, 2.05) is 0 Å². The topological polar surface area (TPSA) is 30.5 Å². The highest BCUT2D eigenvalue weighted by Gasteiger charge is 2.34. The van der Waals surface area contributed by atoms with Crippen LogP contribution in [-0.4, -0.2) is 20.8 Å². The highest BCUT2D eigenvalue weighted by atomic mass is 16.5. The van der Waals surface area contributed by atoms with Gasteiger partial charge in [0.05, 0.1) is 14.2 Å². The molecule has 1 saturated carbocycles. The average molecular weight is 291 g/mol. The number of aryl methyl sites for hydroxylation is 1. The van der Waals surface area contributed by atoms with Gasteiger partial charge in [-0.15, -0.1) is 0 Å². The van der Waals surface area contributed by atoms with Gasteiger partial charge in [0.2, 0.25) is 0 Å². The molecule has 118 valence electrons. The minimum atomic E-state index is 0.400. The van der Waals surface area contributed by atoms with Crippen molar-refractivity contribution in [1.29, 1.82) is 0 Å². The van der Waals surface area contributed by atoms with Crippen molar-refractivity contribution in [3.8, 4) is 11.5 Å². The molecule has 1 aliphatic carbocycles. The van der Waals surface area contributed by atoms with Gasteiger partial charge in [-0.3, -0.25) is 0 Å². The van der Waals surface area contributed by atoms with Gasteiger partial charge in [0, 0.05) is 6.04 Å². The lowest BCUT2D eigenvalue weighted by atomic mass is 9.88. The molecule has 0 radical (unpaired) electrons. The Labute approximate surface area is 129 Å². The minimum Gasteiger partial charge on any atom is -0.493 e. The Morgan fingerprint density at radius 3 is 2.33 bits per heavy atom. The Bertz CT molecular complexity index is 469. The van der Waals surface area contributed by atoms with Crippen molar-refractivity contribution in [2.45, 2.75) is 46.1 Å². The smallest absolute Gasteiger partial charge is 0.161 e. The third kappa shape index (κ3) is 3.70. The summed E-state index contributed by atoms with van der Waals surface area (Å²) < 4.78 is 10.9. The summed E-state index contributed by atoms with van der Waals surface area (Å²) >= 11 is 0. The van der Waals surface area contributed by atoms with E-state index in [9.17, 15) is 0 Å². The molecule has 0 spiro atoms. The van der Waals surface area contributed by atoms with Gasteiger partial charge in [-0.25, -0.2) is 0 Å². The summed E-state index contributed by atoms with van der Waals surface area (Å²) in [7, 11) is 3.40. The molecular weight excluding hydrogens is 262 g/mol. The van der Waals surface area contributed by atoms with Gasteiger partial charge < -0.3 is 14.8 Å². The van der Waals surface area contributed by atoms with Gasteiger partial charge in [0.25, 0.3) is 0 Å². The summed E-state index contributed by atoms with van der Waals surface area (Å²) in [6.07, 6.45) is 3.90. The van der Waals surface area contributed by atoms with Crippen molar-refractivity contribution in [3.05, 3.63) is 23.3 Å². The second kappa shape index (κ2) is 7.17. The Hall–Kier alpha value is -1.22. The lowest BCUT2D eigenvalue weighted by molar-refractivity contribution is 0.338. The number of ether oxygens (including phenoxy) is 2. The molecule has 0 aliphatic heterocycles. The Morgan fingerprint density at radius 2 is 1.81 bits per heavy atom. The fraction of sp³-hybridized carbons (Fsp3) is 0.667. The van der Waals surface area contributed by atoms with E-state index in [1.165, 1.54) is 24.0 Å². The number of hydrogen-bond donors (Lipinski definition) is 1. The van der Waals surface area contributed by atoms with E-state index >= 15 is 0 Å². The second-order valence-corrected chi connectivity index (χ2v) is 6.19. The van der Waals surface area contributed by atoms with Crippen molar-refractivity contribution in [2.24, 2.45) is 11.8 Å². The Balaban J connectivity index is 2.33. The number of hydrogen-bond acceptors (Lipinski definition) is 3. The molecule has 2 unspecified atom stereocenters. The van der Waals surface area contributed by atoms with Gasteiger partial charge in [-0.05, 0) is 67.8 Å². The lowest BCUT2D eigenvalue weighted by Gasteiger charge is -2.28. The highest BCUT2D eigenvalue weighted by molar-refractivity contribution is 5.48. The number of benzene rings is 1. The summed E-state index contributed by atoms with van der Waals surface area (Å²) in [6, 6.07) is 4.65. The van der Waals surface area contributed by atoms with Gasteiger partial charge in [0.15, 0.2) is 11.5 Å². The molecular formula is C18H29NO2. The van der Waals surface area contributed by atoms with E-state index in [0.717, 1.165) is 30.4 Å². The minimum absolute atomic E-state index is 0.400. The molecule has 0 saturated heterocycles. The van der Waals surface area contributed by atoms with Crippen LogP contribution in [0.4, 0.5) is 0 Å². The normalized spacial score (nSPS) is 17.4. The van der Waals surface area contributed by atoms with Crippen molar-refractivity contribution < 1.29 is 9.47 Å². The van der Waals surface area contributed by atoms with Crippen molar-refractivity contribution in [3.63, 3.8) is 0 Å². The Morgan fingerprint density at radius 1 is 1.19 bits per heavy atom. The summed E-state index contributed by atoms with van der Waals surface area (Å²) in [6.45, 7) is 7.81. The van der Waals surface area contributed by atoms with Crippen LogP contribution in [0.25, 0.3) is 0 Å². The number of nitrogens with one attached hydrogen (secondary N) is 1. The first-order valence-electron chi connectivity index (χ1n) is 8.08. The fourth-order valence-corrected chi connectivity index (χ4v) is 3.10. The molecule has 2 rings (SSSR count). The van der Waals surface area contributed by atoms with Crippen molar-refractivity contribution in [2.75, 3.05) is 20.8 Å². The average Bonchev–Trinajstić information content (AvgIpc) is 3.32. The summed E-state index contributed by atoms with van der Waals surface area (Å²) in [4.78, 5) is 0. The lowest BCUT2D eigenvalue weighted by Crippen LogP contribution is -2.29. The zero-order valence-electron chi connectivity index (χ0n) is 14.0. The first-order valence-corrected chi connectivity index (χ1v) is 8.08. The van der Waals surface area contributed by atoms with Crippen LogP contribution in [0.2, 0.25) is 0 Å². The van der Waals surface area contributed by atoms with Crippen LogP contribution in [0.1, 0.15) is 50.3 Å². The molecule has 1 aliphatic rings. The second-order valence-electron chi connectivity index (χ2n) is 6.19. The molecule has 3 heteroatoms. The first kappa shape index (κ1) is 16.2. The summed E-state index contributed by atoms with van der Waals surface area (Å²) in [5.74, 6) is 3.16. The quantitative estimate of drug-likeness (QED) is 0.782. The highest BCUT2D eigenvalue weighted by Crippen LogP contribution is 2.44. The zero-order chi connectivity index (χ0) is 15.4. The van der Waals surface area contributed by atoms with E-state index in [4.69, 9.17) is 9.47 Å². The molecule has 0 heterocycles. The third-order valence-corrected chi connectivity index (χ3v) is 4.61. The van der Waals surface area contributed by atoms with E-state index in [-0.39, 0.29) is 0 Å². The molecule has 3 nitrogen and oxygen atoms in total. The van der Waals surface area contributed by atoms with E-state index in [0.29, 0.717) is 12.0 Å². The maximum Gasteiger partial charge on any atom is 0.161 e. The van der Waals surface area contributed by atoms with E-state index in [2.05, 4.69) is 38.2 Å². The van der Waals surface area contributed by atoms with Gasteiger partial charge in [0.1, 0.15) is 0 Å². The summed E-state index contributed by atoms with van der Waals surface area (Å²) in [5.41, 5.74) is 2.62. The molecule has 1 fully saturated rings. The molecule has 0 bridgehead atoms. The maximum atomic E-state index is 5.49. The molecule has 21 heavy (non-hydrogen) atoms. The van der Waals surface area contributed by atoms with E-state index < -0.39 is 0 Å². The number of rotatable bonds is 8. The van der Waals surface area contributed by atoms with Crippen molar-refractivity contribution >= 4 is 0 Å². The monoisotopic (exact) mass is 291 g/mol. The third-order valence-electron chi connectivity index (χ3n) is 4.61. The van der Waals surface area contributed by atoms with Crippen LogP contribution < -0.4 is 14.8 Å². The fourth-order valence-electron chi connectivity index (χ4n) is 3.10. The van der Waals surface area contributed by atoms with Gasteiger partial charge >= 0.3 is 0 Å². The SMILES string of the molecule is CCCNC(c1cc(OC)c(OC)cc1C)C(C)C1CC1. The molecule has 0 aromatic heterocycles. The predicted octanol–water partition coefficient (Wildman–Crippen LogP) is 4.10. The van der Waals surface area contributed by atoms with Crippen LogP contribution in [0.3, 0.4) is 0 Å². The molecule has 1 N–H and O–H groups in total. The number of methoxy groups -OCH3 is 2. The van der Waals surface area contributed by atoms with Crippen molar-refractivity contribution in [1.82, 2.24) is 5.32 Å². The van der Waals surface area contributed by atoms with Crippen LogP contribution in [0.15, 0.2) is 12.1 Å². The van der Waals surface area contributed by atoms with Crippen LogP contribution >= 0.6 is 0 Å². The van der Waals surface area contributed by atoms with Gasteiger partial charge in [-0.1, -0.05) is 13.8 Å².